The van der Waals surface area contributed by atoms with Crippen LogP contribution in [0.3, 0.4) is 0 Å². The van der Waals surface area contributed by atoms with E-state index >= 15 is 0 Å². The Balaban J connectivity index is 2.36. The lowest BCUT2D eigenvalue weighted by Gasteiger charge is -2.09. The fourth-order valence-corrected chi connectivity index (χ4v) is 1.28. The second-order valence-electron chi connectivity index (χ2n) is 3.68. The van der Waals surface area contributed by atoms with Crippen LogP contribution < -0.4 is 5.32 Å². The number of esters is 1. The molecule has 0 amide bonds. The van der Waals surface area contributed by atoms with Gasteiger partial charge in [-0.3, -0.25) is 14.8 Å². The quantitative estimate of drug-likeness (QED) is 0.615. The van der Waals surface area contributed by atoms with Crippen molar-refractivity contribution in [1.82, 2.24) is 20.3 Å². The Kier molecular flexibility index (Phi) is 5.58. The van der Waals surface area contributed by atoms with Crippen LogP contribution in [-0.4, -0.2) is 45.8 Å². The van der Waals surface area contributed by atoms with Gasteiger partial charge in [0.2, 0.25) is 0 Å². The van der Waals surface area contributed by atoms with E-state index in [1.54, 1.807) is 17.8 Å². The number of hydrogen-bond acceptors (Lipinski definition) is 6. The van der Waals surface area contributed by atoms with Crippen LogP contribution in [0.25, 0.3) is 0 Å². The Morgan fingerprint density at radius 1 is 1.71 bits per heavy atom. The maximum absolute atomic E-state index is 11.1. The molecular weight excluding hydrogens is 224 g/mol. The van der Waals surface area contributed by atoms with Crippen molar-refractivity contribution in [3.05, 3.63) is 11.9 Å². The van der Waals surface area contributed by atoms with Crippen molar-refractivity contribution in [3.8, 4) is 0 Å². The van der Waals surface area contributed by atoms with Crippen LogP contribution in [0.15, 0.2) is 6.20 Å². The Bertz CT molecular complexity index is 353. The molecule has 0 bridgehead atoms. The highest BCUT2D eigenvalue weighted by molar-refractivity contribution is 5.74. The van der Waals surface area contributed by atoms with E-state index in [-0.39, 0.29) is 18.6 Å². The zero-order valence-corrected chi connectivity index (χ0v) is 10.1. The lowest BCUT2D eigenvalue weighted by Crippen LogP contribution is -2.34. The van der Waals surface area contributed by atoms with Gasteiger partial charge in [-0.2, -0.15) is 0 Å². The lowest BCUT2D eigenvalue weighted by molar-refractivity contribution is -0.142. The minimum Gasteiger partial charge on any atom is -0.468 e. The summed E-state index contributed by atoms with van der Waals surface area (Å²) >= 11 is 0. The zero-order valence-electron chi connectivity index (χ0n) is 10.1. The van der Waals surface area contributed by atoms with Crippen LogP contribution >= 0.6 is 0 Å². The number of carbonyl (C=O) groups excluding carboxylic acids is 1. The van der Waals surface area contributed by atoms with Crippen LogP contribution in [0.1, 0.15) is 19.0 Å². The van der Waals surface area contributed by atoms with Crippen LogP contribution in [0.2, 0.25) is 0 Å². The Hall–Kier alpha value is -1.47. The summed E-state index contributed by atoms with van der Waals surface area (Å²) in [5.74, 6) is -0.308. The molecule has 0 unspecified atom stereocenters. The molecule has 1 aromatic rings. The molecule has 0 spiro atoms. The summed E-state index contributed by atoms with van der Waals surface area (Å²) in [4.78, 5) is 11.1. The number of aliphatic hydroxyl groups excluding tert-OH is 1. The topological polar surface area (TPSA) is 89.3 Å². The SMILES string of the molecule is COC(=O)[C@H](C)NCc1cn(CCCO)nn1. The highest BCUT2D eigenvalue weighted by atomic mass is 16.5. The van der Waals surface area contributed by atoms with Gasteiger partial charge >= 0.3 is 5.97 Å². The van der Waals surface area contributed by atoms with E-state index in [2.05, 4.69) is 20.4 Å². The fraction of sp³-hybridized carbons (Fsp3) is 0.700. The van der Waals surface area contributed by atoms with E-state index in [1.165, 1.54) is 7.11 Å². The first kappa shape index (κ1) is 13.6. The number of rotatable bonds is 7. The van der Waals surface area contributed by atoms with Crippen molar-refractivity contribution < 1.29 is 14.6 Å². The van der Waals surface area contributed by atoms with E-state index in [1.807, 2.05) is 0 Å². The average molecular weight is 242 g/mol. The molecular formula is C10H18N4O3. The molecule has 7 nitrogen and oxygen atoms in total. The molecule has 1 aromatic heterocycles. The van der Waals surface area contributed by atoms with Crippen LogP contribution in [-0.2, 0) is 22.6 Å². The number of methoxy groups -OCH3 is 1. The van der Waals surface area contributed by atoms with E-state index in [4.69, 9.17) is 5.11 Å². The summed E-state index contributed by atoms with van der Waals surface area (Å²) in [6.45, 7) is 2.94. The second kappa shape index (κ2) is 6.97. The van der Waals surface area contributed by atoms with Gasteiger partial charge in [-0.05, 0) is 13.3 Å². The molecule has 96 valence electrons. The zero-order chi connectivity index (χ0) is 12.7. The average Bonchev–Trinajstić information content (AvgIpc) is 2.80. The predicted octanol–water partition coefficient (Wildman–Crippen LogP) is -0.688. The summed E-state index contributed by atoms with van der Waals surface area (Å²) in [6, 6.07) is -0.373. The van der Waals surface area contributed by atoms with Gasteiger partial charge in [0.05, 0.1) is 12.8 Å². The number of ether oxygens (including phenoxy) is 1. The van der Waals surface area contributed by atoms with Gasteiger partial charge in [-0.15, -0.1) is 5.10 Å². The second-order valence-corrected chi connectivity index (χ2v) is 3.68. The molecule has 1 rings (SSSR count). The smallest absolute Gasteiger partial charge is 0.322 e. The monoisotopic (exact) mass is 242 g/mol. The number of aliphatic hydroxyl groups is 1. The molecule has 7 heteroatoms. The summed E-state index contributed by atoms with van der Waals surface area (Å²) in [7, 11) is 1.35. The highest BCUT2D eigenvalue weighted by Gasteiger charge is 2.12. The molecule has 0 aliphatic carbocycles. The molecule has 0 saturated heterocycles. The van der Waals surface area contributed by atoms with Crippen LogP contribution in [0.4, 0.5) is 0 Å². The Morgan fingerprint density at radius 2 is 2.47 bits per heavy atom. The van der Waals surface area contributed by atoms with Gasteiger partial charge in [-0.25, -0.2) is 0 Å². The van der Waals surface area contributed by atoms with Gasteiger partial charge in [0, 0.05) is 25.9 Å². The van der Waals surface area contributed by atoms with Gasteiger partial charge in [0.25, 0.3) is 0 Å². The minimum atomic E-state index is -0.373. The molecule has 0 fully saturated rings. The molecule has 0 radical (unpaired) electrons. The summed E-state index contributed by atoms with van der Waals surface area (Å²) in [5.41, 5.74) is 0.749. The fourth-order valence-electron chi connectivity index (χ4n) is 1.28. The van der Waals surface area contributed by atoms with Crippen molar-refractivity contribution in [2.45, 2.75) is 32.5 Å². The molecule has 0 aromatic carbocycles. The van der Waals surface area contributed by atoms with E-state index in [9.17, 15) is 4.79 Å². The normalized spacial score (nSPS) is 12.4. The Morgan fingerprint density at radius 3 is 3.12 bits per heavy atom. The van der Waals surface area contributed by atoms with Crippen LogP contribution in [0, 0.1) is 0 Å². The standard InChI is InChI=1S/C10H18N4O3/c1-8(10(16)17-2)11-6-9-7-14(13-12-9)4-3-5-15/h7-8,11,15H,3-6H2,1-2H3/t8-/m0/s1. The molecule has 0 saturated carbocycles. The third-order valence-corrected chi connectivity index (χ3v) is 2.28. The maximum Gasteiger partial charge on any atom is 0.322 e. The van der Waals surface area contributed by atoms with Crippen molar-refractivity contribution in [2.24, 2.45) is 0 Å². The van der Waals surface area contributed by atoms with Gasteiger partial charge in [0.1, 0.15) is 6.04 Å². The van der Waals surface area contributed by atoms with Crippen molar-refractivity contribution in [3.63, 3.8) is 0 Å². The van der Waals surface area contributed by atoms with Gasteiger partial charge in [-0.1, -0.05) is 5.21 Å². The molecule has 1 heterocycles. The highest BCUT2D eigenvalue weighted by Crippen LogP contribution is 1.96. The van der Waals surface area contributed by atoms with E-state index in [0.29, 0.717) is 19.5 Å². The molecule has 17 heavy (non-hydrogen) atoms. The molecule has 0 aliphatic heterocycles. The predicted molar refractivity (Wildman–Crippen MR) is 60.0 cm³/mol. The number of aryl methyl sites for hydroxylation is 1. The maximum atomic E-state index is 11.1. The first-order chi connectivity index (χ1) is 8.17. The Labute approximate surface area is 99.8 Å². The van der Waals surface area contributed by atoms with Gasteiger partial charge in [0.15, 0.2) is 0 Å². The molecule has 0 aliphatic rings. The third kappa shape index (κ3) is 4.49. The first-order valence-corrected chi connectivity index (χ1v) is 5.48. The minimum absolute atomic E-state index is 0.132. The van der Waals surface area contributed by atoms with E-state index in [0.717, 1.165) is 5.69 Å². The summed E-state index contributed by atoms with van der Waals surface area (Å²) in [6.07, 6.45) is 2.43. The molecule has 1 atom stereocenters. The summed E-state index contributed by atoms with van der Waals surface area (Å²) < 4.78 is 6.25. The lowest BCUT2D eigenvalue weighted by atomic mass is 10.3. The van der Waals surface area contributed by atoms with E-state index < -0.39 is 0 Å². The van der Waals surface area contributed by atoms with Crippen LogP contribution in [0.5, 0.6) is 0 Å². The van der Waals surface area contributed by atoms with Crippen molar-refractivity contribution in [1.29, 1.82) is 0 Å². The third-order valence-electron chi connectivity index (χ3n) is 2.28. The number of hydrogen-bond donors (Lipinski definition) is 2. The first-order valence-electron chi connectivity index (χ1n) is 5.48. The number of nitrogens with zero attached hydrogens (tertiary/aromatic N) is 3. The molecule has 2 N–H and O–H groups in total. The van der Waals surface area contributed by atoms with Crippen molar-refractivity contribution in [2.75, 3.05) is 13.7 Å². The van der Waals surface area contributed by atoms with Crippen molar-refractivity contribution >= 4 is 5.97 Å². The largest absolute Gasteiger partial charge is 0.468 e. The number of aromatic nitrogens is 3. The number of carbonyl (C=O) groups is 1. The van der Waals surface area contributed by atoms with Gasteiger partial charge < -0.3 is 9.84 Å². The number of nitrogens with one attached hydrogen (secondary N) is 1. The summed E-state index contributed by atoms with van der Waals surface area (Å²) in [5, 5.41) is 19.5.